The first-order valence-electron chi connectivity index (χ1n) is 7.11. The standard InChI is InChI=1S/C16H15FN4/c1-9-15(10(2)19-8-18-9)16-20-13-6-3-11(17)7-14(13)21(16)12-4-5-12/h3,6-8,12H,4-5H2,1-2H3. The fourth-order valence-corrected chi connectivity index (χ4v) is 2.86. The molecule has 0 unspecified atom stereocenters. The molecule has 2 aromatic heterocycles. The molecule has 0 aliphatic heterocycles. The average Bonchev–Trinajstić information content (AvgIpc) is 3.21. The van der Waals surface area contributed by atoms with E-state index in [1.54, 1.807) is 18.5 Å². The summed E-state index contributed by atoms with van der Waals surface area (Å²) >= 11 is 0. The van der Waals surface area contributed by atoms with E-state index in [0.29, 0.717) is 6.04 Å². The Hall–Kier alpha value is -2.30. The molecule has 3 aromatic rings. The van der Waals surface area contributed by atoms with Crippen LogP contribution in [0.3, 0.4) is 0 Å². The van der Waals surface area contributed by atoms with Crippen LogP contribution in [0.25, 0.3) is 22.4 Å². The van der Waals surface area contributed by atoms with Gasteiger partial charge in [0.2, 0.25) is 0 Å². The monoisotopic (exact) mass is 282 g/mol. The number of aromatic nitrogens is 4. The topological polar surface area (TPSA) is 43.6 Å². The maximum atomic E-state index is 13.6. The van der Waals surface area contributed by atoms with E-state index in [1.165, 1.54) is 6.07 Å². The van der Waals surface area contributed by atoms with E-state index < -0.39 is 0 Å². The number of hydrogen-bond donors (Lipinski definition) is 0. The summed E-state index contributed by atoms with van der Waals surface area (Å²) in [6.45, 7) is 3.92. The fourth-order valence-electron chi connectivity index (χ4n) is 2.86. The minimum Gasteiger partial charge on any atom is -0.321 e. The summed E-state index contributed by atoms with van der Waals surface area (Å²) in [5.74, 6) is 0.627. The molecule has 1 aliphatic rings. The van der Waals surface area contributed by atoms with Gasteiger partial charge in [0.25, 0.3) is 0 Å². The largest absolute Gasteiger partial charge is 0.321 e. The number of benzene rings is 1. The molecule has 1 saturated carbocycles. The van der Waals surface area contributed by atoms with Gasteiger partial charge in [-0.15, -0.1) is 0 Å². The van der Waals surface area contributed by atoms with Crippen molar-refractivity contribution < 1.29 is 4.39 Å². The van der Waals surface area contributed by atoms with E-state index >= 15 is 0 Å². The highest BCUT2D eigenvalue weighted by atomic mass is 19.1. The van der Waals surface area contributed by atoms with E-state index in [0.717, 1.165) is 46.7 Å². The second-order valence-electron chi connectivity index (χ2n) is 5.59. The van der Waals surface area contributed by atoms with Crippen LogP contribution in [0.5, 0.6) is 0 Å². The third-order valence-electron chi connectivity index (χ3n) is 4.01. The Bertz CT molecular complexity index is 829. The van der Waals surface area contributed by atoms with Crippen molar-refractivity contribution in [1.82, 2.24) is 19.5 Å². The molecule has 1 aliphatic carbocycles. The van der Waals surface area contributed by atoms with Crippen LogP contribution < -0.4 is 0 Å². The summed E-state index contributed by atoms with van der Waals surface area (Å²) in [4.78, 5) is 13.3. The van der Waals surface area contributed by atoms with Crippen molar-refractivity contribution in [3.05, 3.63) is 41.7 Å². The lowest BCUT2D eigenvalue weighted by Crippen LogP contribution is -2.02. The van der Waals surface area contributed by atoms with E-state index in [1.807, 2.05) is 13.8 Å². The van der Waals surface area contributed by atoms with Crippen LogP contribution in [0.2, 0.25) is 0 Å². The Balaban J connectivity index is 2.07. The van der Waals surface area contributed by atoms with Gasteiger partial charge in [-0.05, 0) is 44.9 Å². The van der Waals surface area contributed by atoms with Gasteiger partial charge in [-0.25, -0.2) is 19.3 Å². The van der Waals surface area contributed by atoms with Gasteiger partial charge in [0.1, 0.15) is 18.0 Å². The van der Waals surface area contributed by atoms with Crippen LogP contribution in [0.15, 0.2) is 24.5 Å². The molecule has 0 bridgehead atoms. The van der Waals surface area contributed by atoms with Gasteiger partial charge < -0.3 is 4.57 Å². The number of hydrogen-bond acceptors (Lipinski definition) is 3. The van der Waals surface area contributed by atoms with Crippen LogP contribution in [0.4, 0.5) is 4.39 Å². The van der Waals surface area contributed by atoms with Gasteiger partial charge in [-0.2, -0.15) is 0 Å². The molecule has 0 spiro atoms. The maximum absolute atomic E-state index is 13.6. The Labute approximate surface area is 121 Å². The molecule has 4 nitrogen and oxygen atoms in total. The second-order valence-corrected chi connectivity index (χ2v) is 5.59. The number of halogens is 1. The molecule has 21 heavy (non-hydrogen) atoms. The molecular weight excluding hydrogens is 267 g/mol. The van der Waals surface area contributed by atoms with Gasteiger partial charge in [0.05, 0.1) is 28.0 Å². The predicted octanol–water partition coefficient (Wildman–Crippen LogP) is 3.58. The molecule has 0 amide bonds. The summed E-state index contributed by atoms with van der Waals surface area (Å²) in [5, 5.41) is 0. The molecule has 0 saturated heterocycles. The summed E-state index contributed by atoms with van der Waals surface area (Å²) in [7, 11) is 0. The maximum Gasteiger partial charge on any atom is 0.145 e. The number of imidazole rings is 1. The molecule has 2 heterocycles. The molecule has 0 N–H and O–H groups in total. The van der Waals surface area contributed by atoms with E-state index in [2.05, 4.69) is 14.5 Å². The summed E-state index contributed by atoms with van der Waals surface area (Å²) < 4.78 is 15.8. The quantitative estimate of drug-likeness (QED) is 0.721. The summed E-state index contributed by atoms with van der Waals surface area (Å²) in [6, 6.07) is 5.17. The highest BCUT2D eigenvalue weighted by Crippen LogP contribution is 2.42. The molecule has 0 radical (unpaired) electrons. The van der Waals surface area contributed by atoms with Gasteiger partial charge in [-0.3, -0.25) is 0 Å². The molecule has 5 heteroatoms. The van der Waals surface area contributed by atoms with E-state index in [-0.39, 0.29) is 5.82 Å². The van der Waals surface area contributed by atoms with Gasteiger partial charge in [0.15, 0.2) is 0 Å². The second kappa shape index (κ2) is 4.35. The first-order valence-corrected chi connectivity index (χ1v) is 7.11. The lowest BCUT2D eigenvalue weighted by Gasteiger charge is -2.11. The fraction of sp³-hybridized carbons (Fsp3) is 0.312. The smallest absolute Gasteiger partial charge is 0.145 e. The zero-order valence-electron chi connectivity index (χ0n) is 12.0. The van der Waals surface area contributed by atoms with E-state index in [9.17, 15) is 4.39 Å². The third-order valence-corrected chi connectivity index (χ3v) is 4.01. The zero-order valence-corrected chi connectivity index (χ0v) is 12.0. The lowest BCUT2D eigenvalue weighted by atomic mass is 10.1. The summed E-state index contributed by atoms with van der Waals surface area (Å²) in [6.07, 6.45) is 3.79. The van der Waals surface area contributed by atoms with Crippen LogP contribution in [-0.4, -0.2) is 19.5 Å². The van der Waals surface area contributed by atoms with Crippen molar-refractivity contribution in [2.45, 2.75) is 32.7 Å². The molecule has 1 aromatic carbocycles. The Morgan fingerprint density at radius 1 is 1.14 bits per heavy atom. The summed E-state index contributed by atoms with van der Waals surface area (Å²) in [5.41, 5.74) is 4.44. The van der Waals surface area contributed by atoms with Crippen LogP contribution in [0.1, 0.15) is 30.3 Å². The third kappa shape index (κ3) is 1.92. The van der Waals surface area contributed by atoms with Gasteiger partial charge in [-0.1, -0.05) is 0 Å². The van der Waals surface area contributed by atoms with Crippen LogP contribution in [-0.2, 0) is 0 Å². The van der Waals surface area contributed by atoms with Crippen molar-refractivity contribution in [2.75, 3.05) is 0 Å². The van der Waals surface area contributed by atoms with Crippen LogP contribution in [0, 0.1) is 19.7 Å². The molecule has 1 fully saturated rings. The number of aryl methyl sites for hydroxylation is 2. The van der Waals surface area contributed by atoms with E-state index in [4.69, 9.17) is 4.98 Å². The average molecular weight is 282 g/mol. The number of rotatable bonds is 2. The normalized spacial score (nSPS) is 14.8. The van der Waals surface area contributed by atoms with Crippen LogP contribution >= 0.6 is 0 Å². The molecule has 0 atom stereocenters. The first kappa shape index (κ1) is 12.4. The van der Waals surface area contributed by atoms with Gasteiger partial charge in [0, 0.05) is 6.04 Å². The Morgan fingerprint density at radius 2 is 1.86 bits per heavy atom. The minimum atomic E-state index is -0.228. The Kier molecular flexibility index (Phi) is 2.58. The zero-order chi connectivity index (χ0) is 14.6. The van der Waals surface area contributed by atoms with Crippen molar-refractivity contribution in [3.8, 4) is 11.4 Å². The number of fused-ring (bicyclic) bond motifs is 1. The molecular formula is C16H15FN4. The Morgan fingerprint density at radius 3 is 2.52 bits per heavy atom. The number of nitrogens with zero attached hydrogens (tertiary/aromatic N) is 4. The molecule has 4 rings (SSSR count). The van der Waals surface area contributed by atoms with Crippen molar-refractivity contribution in [3.63, 3.8) is 0 Å². The van der Waals surface area contributed by atoms with Crippen molar-refractivity contribution >= 4 is 11.0 Å². The minimum absolute atomic E-state index is 0.228. The molecule has 106 valence electrons. The van der Waals surface area contributed by atoms with Gasteiger partial charge >= 0.3 is 0 Å². The van der Waals surface area contributed by atoms with Crippen molar-refractivity contribution in [1.29, 1.82) is 0 Å². The SMILES string of the molecule is Cc1ncnc(C)c1-c1nc2ccc(F)cc2n1C1CC1. The highest BCUT2D eigenvalue weighted by Gasteiger charge is 2.30. The van der Waals surface area contributed by atoms with Crippen molar-refractivity contribution in [2.24, 2.45) is 0 Å². The first-order chi connectivity index (χ1) is 10.1. The predicted molar refractivity (Wildman–Crippen MR) is 78.5 cm³/mol. The lowest BCUT2D eigenvalue weighted by molar-refractivity contribution is 0.628. The highest BCUT2D eigenvalue weighted by molar-refractivity contribution is 5.82.